The molecule has 0 saturated carbocycles. The second-order valence-corrected chi connectivity index (χ2v) is 10.1. The Labute approximate surface area is 196 Å². The smallest absolute Gasteiger partial charge is 0.230 e. The molecular weight excluding hydrogens is 422 g/mol. The molecule has 0 radical (unpaired) electrons. The molecule has 0 aliphatic carbocycles. The van der Waals surface area contributed by atoms with Crippen LogP contribution in [0.15, 0.2) is 6.07 Å². The second kappa shape index (κ2) is 10.4. The molecule has 4 heterocycles. The maximum absolute atomic E-state index is 12.9. The summed E-state index contributed by atoms with van der Waals surface area (Å²) in [5, 5.41) is 12.7. The summed E-state index contributed by atoms with van der Waals surface area (Å²) in [5.41, 5.74) is 6.20. The minimum atomic E-state index is -0.0468. The van der Waals surface area contributed by atoms with Crippen LogP contribution in [0.1, 0.15) is 58.8 Å². The maximum atomic E-state index is 12.9. The molecule has 3 unspecified atom stereocenters. The van der Waals surface area contributed by atoms with Gasteiger partial charge in [0.15, 0.2) is 0 Å². The summed E-state index contributed by atoms with van der Waals surface area (Å²) in [6, 6.07) is 2.66. The van der Waals surface area contributed by atoms with Gasteiger partial charge in [0.1, 0.15) is 5.82 Å². The van der Waals surface area contributed by atoms with Crippen LogP contribution in [0.25, 0.3) is 0 Å². The van der Waals surface area contributed by atoms with Gasteiger partial charge in [-0.15, -0.1) is 0 Å². The largest absolute Gasteiger partial charge is 0.481 e. The van der Waals surface area contributed by atoms with Gasteiger partial charge in [0, 0.05) is 50.1 Å². The van der Waals surface area contributed by atoms with Crippen molar-refractivity contribution in [1.29, 1.82) is 0 Å². The molecule has 3 aliphatic rings. The van der Waals surface area contributed by atoms with E-state index >= 15 is 0 Å². The fourth-order valence-corrected chi connectivity index (χ4v) is 5.46. The molecule has 5 atom stereocenters. The topological polar surface area (TPSA) is 115 Å². The lowest BCUT2D eigenvalue weighted by atomic mass is 9.81. The highest BCUT2D eigenvalue weighted by Gasteiger charge is 2.42. The Bertz CT molecular complexity index is 809. The summed E-state index contributed by atoms with van der Waals surface area (Å²) >= 11 is 0. The predicted molar refractivity (Wildman–Crippen MR) is 127 cm³/mol. The Balaban J connectivity index is 1.47. The molecule has 3 fully saturated rings. The summed E-state index contributed by atoms with van der Waals surface area (Å²) in [7, 11) is 3.65. The molecule has 33 heavy (non-hydrogen) atoms. The number of rotatable bonds is 8. The minimum Gasteiger partial charge on any atom is -0.481 e. The quantitative estimate of drug-likeness (QED) is 0.457. The third kappa shape index (κ3) is 5.50. The van der Waals surface area contributed by atoms with Gasteiger partial charge in [-0.2, -0.15) is 9.97 Å². The van der Waals surface area contributed by atoms with Crippen molar-refractivity contribution in [1.82, 2.24) is 25.7 Å². The molecule has 3 saturated heterocycles. The number of aliphatic hydroxyl groups is 1. The number of aliphatic hydroxyl groups excluding tert-OH is 1. The van der Waals surface area contributed by atoms with E-state index in [1.807, 2.05) is 7.05 Å². The lowest BCUT2D eigenvalue weighted by Gasteiger charge is -2.50. The van der Waals surface area contributed by atoms with Crippen LogP contribution in [-0.4, -0.2) is 77.0 Å². The van der Waals surface area contributed by atoms with E-state index in [1.54, 1.807) is 13.2 Å². The number of aromatic nitrogens is 2. The summed E-state index contributed by atoms with van der Waals surface area (Å²) in [4.78, 5) is 26.7. The van der Waals surface area contributed by atoms with Gasteiger partial charge >= 0.3 is 0 Å². The van der Waals surface area contributed by atoms with Crippen LogP contribution in [0.3, 0.4) is 0 Å². The minimum absolute atomic E-state index is 0.0105. The normalized spacial score (nSPS) is 29.3. The Morgan fingerprint density at radius 2 is 2.00 bits per heavy atom. The first-order chi connectivity index (χ1) is 15.9. The summed E-state index contributed by atoms with van der Waals surface area (Å²) < 4.78 is 5.45. The van der Waals surface area contributed by atoms with Gasteiger partial charge in [-0.25, -0.2) is 5.43 Å². The number of carbonyl (C=O) groups is 1. The van der Waals surface area contributed by atoms with E-state index in [1.165, 1.54) is 6.42 Å². The van der Waals surface area contributed by atoms with Crippen LogP contribution in [0, 0.1) is 5.92 Å². The third-order valence-corrected chi connectivity index (χ3v) is 7.11. The monoisotopic (exact) mass is 461 g/mol. The highest BCUT2D eigenvalue weighted by molar-refractivity contribution is 5.77. The van der Waals surface area contributed by atoms with Crippen LogP contribution in [0.5, 0.6) is 5.88 Å². The number of hydrogen-bond acceptors (Lipinski definition) is 9. The molecule has 10 heteroatoms. The number of anilines is 2. The van der Waals surface area contributed by atoms with Crippen molar-refractivity contribution in [2.75, 3.05) is 31.0 Å². The number of amides is 1. The molecule has 2 bridgehead atoms. The zero-order valence-corrected chi connectivity index (χ0v) is 20.3. The number of ether oxygens (including phenoxy) is 1. The van der Waals surface area contributed by atoms with E-state index in [0.29, 0.717) is 48.0 Å². The highest BCUT2D eigenvalue weighted by atomic mass is 16.5. The number of hydrogen-bond donors (Lipinski definition) is 4. The molecule has 1 amide bonds. The standard InChI is InChI=1S/C23H39N7O3/c1-14(2)8-22(32)30-16-6-5-7-17(30)11-18(10-16)29(3)23-25-19(12-21(26-23)33-4)24-20-9-15(13-31)27-28-20/h12,14-18,20,27-28,31H,5-11,13H2,1-4H3,(H,24,25,26)/t15?,16-,17+,18?,20?. The van der Waals surface area contributed by atoms with Gasteiger partial charge < -0.3 is 25.0 Å². The van der Waals surface area contributed by atoms with Gasteiger partial charge in [0.25, 0.3) is 0 Å². The average molecular weight is 462 g/mol. The lowest BCUT2D eigenvalue weighted by molar-refractivity contribution is -0.141. The van der Waals surface area contributed by atoms with Gasteiger partial charge in [0.2, 0.25) is 17.7 Å². The van der Waals surface area contributed by atoms with E-state index in [-0.39, 0.29) is 24.9 Å². The van der Waals surface area contributed by atoms with Crippen LogP contribution in [0.4, 0.5) is 11.8 Å². The molecule has 3 aliphatic heterocycles. The molecule has 0 aromatic carbocycles. The van der Waals surface area contributed by atoms with Gasteiger partial charge in [0.05, 0.1) is 19.9 Å². The zero-order chi connectivity index (χ0) is 23.5. The number of hydrazine groups is 1. The first-order valence-electron chi connectivity index (χ1n) is 12.2. The van der Waals surface area contributed by atoms with Crippen molar-refractivity contribution in [2.24, 2.45) is 5.92 Å². The van der Waals surface area contributed by atoms with Gasteiger partial charge in [-0.05, 0) is 38.0 Å². The number of piperidine rings is 2. The van der Waals surface area contributed by atoms with E-state index in [0.717, 1.165) is 32.1 Å². The predicted octanol–water partition coefficient (Wildman–Crippen LogP) is 1.48. The number of nitrogens with one attached hydrogen (secondary N) is 3. The van der Waals surface area contributed by atoms with E-state index in [4.69, 9.17) is 9.72 Å². The fraction of sp³-hybridized carbons (Fsp3) is 0.783. The number of methoxy groups -OCH3 is 1. The Morgan fingerprint density at radius 3 is 2.61 bits per heavy atom. The Morgan fingerprint density at radius 1 is 1.27 bits per heavy atom. The molecular formula is C23H39N7O3. The van der Waals surface area contributed by atoms with Crippen molar-refractivity contribution < 1.29 is 14.6 Å². The second-order valence-electron chi connectivity index (χ2n) is 10.1. The molecule has 0 spiro atoms. The first kappa shape index (κ1) is 24.0. The summed E-state index contributed by atoms with van der Waals surface area (Å²) in [5.74, 6) is 2.48. The maximum Gasteiger partial charge on any atom is 0.230 e. The van der Waals surface area contributed by atoms with Crippen molar-refractivity contribution in [2.45, 2.75) is 89.1 Å². The molecule has 1 aromatic heterocycles. The molecule has 4 N–H and O–H groups in total. The fourth-order valence-electron chi connectivity index (χ4n) is 5.46. The molecule has 10 nitrogen and oxygen atoms in total. The SMILES string of the molecule is COc1cc(NC2CC(CO)NN2)nc(N(C)C2C[C@H]3CCC[C@@H](C2)N3C(=O)CC(C)C)n1. The molecule has 1 aromatic rings. The number of fused-ring (bicyclic) bond motifs is 2. The van der Waals surface area contributed by atoms with Gasteiger partial charge in [-0.3, -0.25) is 10.2 Å². The summed E-state index contributed by atoms with van der Waals surface area (Å²) in [6.07, 6.45) is 6.53. The van der Waals surface area contributed by atoms with Gasteiger partial charge in [-0.1, -0.05) is 13.8 Å². The lowest BCUT2D eigenvalue weighted by Crippen LogP contribution is -2.58. The van der Waals surface area contributed by atoms with E-state index in [2.05, 4.69) is 44.8 Å². The van der Waals surface area contributed by atoms with Crippen molar-refractivity contribution in [3.63, 3.8) is 0 Å². The van der Waals surface area contributed by atoms with Crippen molar-refractivity contribution in [3.8, 4) is 5.88 Å². The van der Waals surface area contributed by atoms with Crippen molar-refractivity contribution in [3.05, 3.63) is 6.07 Å². The van der Waals surface area contributed by atoms with Crippen LogP contribution >= 0.6 is 0 Å². The Kier molecular flexibility index (Phi) is 7.55. The molecule has 184 valence electrons. The summed E-state index contributed by atoms with van der Waals surface area (Å²) in [6.45, 7) is 4.30. The van der Waals surface area contributed by atoms with Crippen LogP contribution < -0.4 is 25.8 Å². The molecule has 4 rings (SSSR count). The van der Waals surface area contributed by atoms with Crippen LogP contribution in [-0.2, 0) is 4.79 Å². The number of nitrogens with zero attached hydrogens (tertiary/aromatic N) is 4. The first-order valence-corrected chi connectivity index (χ1v) is 12.2. The van der Waals surface area contributed by atoms with Crippen molar-refractivity contribution >= 4 is 17.7 Å². The zero-order valence-electron chi connectivity index (χ0n) is 20.3. The third-order valence-electron chi connectivity index (χ3n) is 7.11. The van der Waals surface area contributed by atoms with E-state index < -0.39 is 0 Å². The average Bonchev–Trinajstić information content (AvgIpc) is 3.24. The van der Waals surface area contributed by atoms with E-state index in [9.17, 15) is 9.90 Å². The Hall–Kier alpha value is -2.17. The van der Waals surface area contributed by atoms with Crippen LogP contribution in [0.2, 0.25) is 0 Å². The number of carbonyl (C=O) groups excluding carboxylic acids is 1. The highest BCUT2D eigenvalue weighted by Crippen LogP contribution is 2.37.